The van der Waals surface area contributed by atoms with Crippen LogP contribution in [0.3, 0.4) is 0 Å². The summed E-state index contributed by atoms with van der Waals surface area (Å²) in [5.41, 5.74) is 3.38. The van der Waals surface area contributed by atoms with Gasteiger partial charge >= 0.3 is 6.03 Å². The van der Waals surface area contributed by atoms with Gasteiger partial charge in [-0.05, 0) is 50.3 Å². The molecule has 0 aromatic heterocycles. The van der Waals surface area contributed by atoms with E-state index in [0.29, 0.717) is 23.5 Å². The van der Waals surface area contributed by atoms with Gasteiger partial charge in [-0.2, -0.15) is 0 Å². The zero-order valence-corrected chi connectivity index (χ0v) is 17.4. The highest BCUT2D eigenvalue weighted by atomic mass is 16.5. The molecule has 154 valence electrons. The maximum atomic E-state index is 12.6. The number of anilines is 1. The third kappa shape index (κ3) is 4.73. The Hall–Kier alpha value is -2.53. The number of para-hydroxylation sites is 2. The normalized spacial score (nSPS) is 24.0. The lowest BCUT2D eigenvalue weighted by Gasteiger charge is -2.49. The summed E-state index contributed by atoms with van der Waals surface area (Å²) in [5.74, 6) is 0.674. The Bertz CT molecular complexity index is 822. The standard InChI is InChI=1S/C24H31N3O2/c1-17-10-12-18(13-11-17)16-27-20-6-5-7-21(27)15-19(14-20)25-24(28)26-22-8-3-4-9-23(22)29-2/h3-4,8-13,19-21H,5-7,14-16H2,1-2H3,(H2,25,26,28). The van der Waals surface area contributed by atoms with Crippen LogP contribution < -0.4 is 15.4 Å². The molecular weight excluding hydrogens is 362 g/mol. The number of piperidine rings is 2. The summed E-state index contributed by atoms with van der Waals surface area (Å²) in [7, 11) is 1.61. The number of benzene rings is 2. The molecule has 2 bridgehead atoms. The van der Waals surface area contributed by atoms with E-state index in [4.69, 9.17) is 4.74 Å². The summed E-state index contributed by atoms with van der Waals surface area (Å²) in [5, 5.41) is 6.15. The van der Waals surface area contributed by atoms with E-state index in [1.165, 1.54) is 30.4 Å². The molecule has 5 heteroatoms. The Balaban J connectivity index is 1.36. The molecule has 2 saturated heterocycles. The first-order chi connectivity index (χ1) is 14.1. The summed E-state index contributed by atoms with van der Waals surface area (Å²) in [6.45, 7) is 3.14. The van der Waals surface area contributed by atoms with Crippen LogP contribution in [0, 0.1) is 6.92 Å². The summed E-state index contributed by atoms with van der Waals surface area (Å²) >= 11 is 0. The van der Waals surface area contributed by atoms with Crippen LogP contribution in [0.2, 0.25) is 0 Å². The second-order valence-electron chi connectivity index (χ2n) is 8.36. The summed E-state index contributed by atoms with van der Waals surface area (Å²) < 4.78 is 5.33. The largest absolute Gasteiger partial charge is 0.495 e. The highest BCUT2D eigenvalue weighted by molar-refractivity contribution is 5.91. The van der Waals surface area contributed by atoms with E-state index in [9.17, 15) is 4.79 Å². The second kappa shape index (κ2) is 8.87. The molecule has 2 unspecified atom stereocenters. The quantitative estimate of drug-likeness (QED) is 0.773. The van der Waals surface area contributed by atoms with Gasteiger partial charge in [-0.15, -0.1) is 0 Å². The molecule has 0 aliphatic carbocycles. The van der Waals surface area contributed by atoms with Crippen LogP contribution in [0.5, 0.6) is 5.75 Å². The van der Waals surface area contributed by atoms with E-state index in [-0.39, 0.29) is 12.1 Å². The number of hydrogen-bond acceptors (Lipinski definition) is 3. The van der Waals surface area contributed by atoms with Crippen LogP contribution in [0.1, 0.15) is 43.2 Å². The SMILES string of the molecule is COc1ccccc1NC(=O)NC1CC2CCCC(C1)N2Cc1ccc(C)cc1. The molecule has 0 saturated carbocycles. The van der Waals surface area contributed by atoms with Crippen LogP contribution in [0.15, 0.2) is 48.5 Å². The predicted octanol–water partition coefficient (Wildman–Crippen LogP) is 4.71. The third-order valence-electron chi connectivity index (χ3n) is 6.30. The van der Waals surface area contributed by atoms with Crippen molar-refractivity contribution < 1.29 is 9.53 Å². The van der Waals surface area contributed by atoms with Crippen molar-refractivity contribution in [2.75, 3.05) is 12.4 Å². The fourth-order valence-electron chi connectivity index (χ4n) is 4.85. The van der Waals surface area contributed by atoms with Gasteiger partial charge in [-0.25, -0.2) is 4.79 Å². The highest BCUT2D eigenvalue weighted by Crippen LogP contribution is 2.35. The minimum absolute atomic E-state index is 0.149. The molecule has 2 fully saturated rings. The molecule has 2 atom stereocenters. The molecule has 2 amide bonds. The van der Waals surface area contributed by atoms with Gasteiger partial charge in [-0.3, -0.25) is 4.90 Å². The van der Waals surface area contributed by atoms with Gasteiger partial charge in [0.2, 0.25) is 0 Å². The number of carbonyl (C=O) groups excluding carboxylic acids is 1. The maximum Gasteiger partial charge on any atom is 0.319 e. The fraction of sp³-hybridized carbons (Fsp3) is 0.458. The van der Waals surface area contributed by atoms with E-state index >= 15 is 0 Å². The lowest BCUT2D eigenvalue weighted by Crippen LogP contribution is -2.56. The molecule has 4 rings (SSSR count). The van der Waals surface area contributed by atoms with Crippen LogP contribution >= 0.6 is 0 Å². The minimum Gasteiger partial charge on any atom is -0.495 e. The monoisotopic (exact) mass is 393 g/mol. The van der Waals surface area contributed by atoms with Gasteiger partial charge in [0.15, 0.2) is 0 Å². The van der Waals surface area contributed by atoms with Crippen molar-refractivity contribution in [1.29, 1.82) is 0 Å². The van der Waals surface area contributed by atoms with E-state index < -0.39 is 0 Å². The molecule has 2 aliphatic heterocycles. The molecule has 2 N–H and O–H groups in total. The topological polar surface area (TPSA) is 53.6 Å². The zero-order valence-electron chi connectivity index (χ0n) is 17.4. The lowest BCUT2D eigenvalue weighted by molar-refractivity contribution is 0.0200. The number of carbonyl (C=O) groups is 1. The Morgan fingerprint density at radius 2 is 1.76 bits per heavy atom. The van der Waals surface area contributed by atoms with Crippen molar-refractivity contribution in [2.45, 2.75) is 63.7 Å². The van der Waals surface area contributed by atoms with Gasteiger partial charge in [-0.1, -0.05) is 48.4 Å². The van der Waals surface area contributed by atoms with E-state index in [2.05, 4.69) is 46.7 Å². The average Bonchev–Trinajstić information content (AvgIpc) is 2.70. The van der Waals surface area contributed by atoms with Crippen LogP contribution in [0.25, 0.3) is 0 Å². The number of urea groups is 1. The van der Waals surface area contributed by atoms with E-state index in [1.54, 1.807) is 7.11 Å². The first kappa shape index (κ1) is 19.8. The van der Waals surface area contributed by atoms with Crippen LogP contribution in [-0.2, 0) is 6.54 Å². The molecule has 2 aliphatic rings. The van der Waals surface area contributed by atoms with Gasteiger partial charge in [0, 0.05) is 24.7 Å². The molecule has 2 heterocycles. The van der Waals surface area contributed by atoms with Crippen molar-refractivity contribution in [3.8, 4) is 5.75 Å². The number of nitrogens with zero attached hydrogens (tertiary/aromatic N) is 1. The fourth-order valence-corrected chi connectivity index (χ4v) is 4.85. The number of amides is 2. The third-order valence-corrected chi connectivity index (χ3v) is 6.30. The highest BCUT2D eigenvalue weighted by Gasteiger charge is 2.38. The van der Waals surface area contributed by atoms with Crippen molar-refractivity contribution in [1.82, 2.24) is 10.2 Å². The summed E-state index contributed by atoms with van der Waals surface area (Å²) in [6, 6.07) is 17.5. The van der Waals surface area contributed by atoms with E-state index in [0.717, 1.165) is 19.4 Å². The number of hydrogen-bond donors (Lipinski definition) is 2. The molecule has 2 aromatic rings. The summed E-state index contributed by atoms with van der Waals surface area (Å²) in [4.78, 5) is 15.3. The number of fused-ring (bicyclic) bond motifs is 2. The van der Waals surface area contributed by atoms with Gasteiger partial charge in [0.1, 0.15) is 5.75 Å². The first-order valence-corrected chi connectivity index (χ1v) is 10.6. The number of ether oxygens (including phenoxy) is 1. The van der Waals surface area contributed by atoms with Crippen molar-refractivity contribution >= 4 is 11.7 Å². The number of rotatable bonds is 5. The number of nitrogens with one attached hydrogen (secondary N) is 2. The first-order valence-electron chi connectivity index (χ1n) is 10.6. The second-order valence-corrected chi connectivity index (χ2v) is 8.36. The molecule has 5 nitrogen and oxygen atoms in total. The van der Waals surface area contributed by atoms with Gasteiger partial charge in [0.05, 0.1) is 12.8 Å². The Labute approximate surface area is 173 Å². The number of methoxy groups -OCH3 is 1. The summed E-state index contributed by atoms with van der Waals surface area (Å²) in [6.07, 6.45) is 5.76. The van der Waals surface area contributed by atoms with Gasteiger partial charge < -0.3 is 15.4 Å². The minimum atomic E-state index is -0.149. The number of aryl methyl sites for hydroxylation is 1. The Morgan fingerprint density at radius 1 is 1.07 bits per heavy atom. The molecule has 0 spiro atoms. The van der Waals surface area contributed by atoms with Crippen molar-refractivity contribution in [2.24, 2.45) is 0 Å². The maximum absolute atomic E-state index is 12.6. The van der Waals surface area contributed by atoms with Crippen LogP contribution in [-0.4, -0.2) is 36.2 Å². The molecule has 2 aromatic carbocycles. The zero-order chi connectivity index (χ0) is 20.2. The van der Waals surface area contributed by atoms with Gasteiger partial charge in [0.25, 0.3) is 0 Å². The predicted molar refractivity (Wildman–Crippen MR) is 116 cm³/mol. The average molecular weight is 394 g/mol. The lowest BCUT2D eigenvalue weighted by atomic mass is 9.81. The van der Waals surface area contributed by atoms with Crippen molar-refractivity contribution in [3.05, 3.63) is 59.7 Å². The molecule has 29 heavy (non-hydrogen) atoms. The van der Waals surface area contributed by atoms with E-state index in [1.807, 2.05) is 24.3 Å². The smallest absolute Gasteiger partial charge is 0.319 e. The van der Waals surface area contributed by atoms with Crippen molar-refractivity contribution in [3.63, 3.8) is 0 Å². The van der Waals surface area contributed by atoms with Crippen LogP contribution in [0.4, 0.5) is 10.5 Å². The molecular formula is C24H31N3O2. The molecule has 0 radical (unpaired) electrons. The Kier molecular flexibility index (Phi) is 6.05. The Morgan fingerprint density at radius 3 is 2.45 bits per heavy atom.